The second-order valence-corrected chi connectivity index (χ2v) is 6.13. The number of nitrogens with zero attached hydrogens (tertiary/aromatic N) is 3. The van der Waals surface area contributed by atoms with Crippen LogP contribution in [0, 0.1) is 10.1 Å². The van der Waals surface area contributed by atoms with Crippen LogP contribution < -0.4 is 0 Å². The average Bonchev–Trinajstić information content (AvgIpc) is 2.73. The van der Waals surface area contributed by atoms with Crippen LogP contribution in [0.1, 0.15) is 21.5 Å². The first-order valence-corrected chi connectivity index (χ1v) is 8.64. The number of halogens is 1. The number of ketones is 1. The molecule has 0 radical (unpaired) electrons. The van der Waals surface area contributed by atoms with Gasteiger partial charge in [0.2, 0.25) is 5.78 Å². The molecule has 0 atom stereocenters. The minimum absolute atomic E-state index is 0.0369. The summed E-state index contributed by atoms with van der Waals surface area (Å²) in [6.45, 7) is 0. The Morgan fingerprint density at radius 3 is 2.14 bits per heavy atom. The lowest BCUT2D eigenvalue weighted by molar-refractivity contribution is -0.384. The largest absolute Gasteiger partial charge is 0.288 e. The van der Waals surface area contributed by atoms with Gasteiger partial charge in [-0.3, -0.25) is 14.9 Å². The number of Topliss-reactive ketones (excluding diaryl/α,β-unsaturated/α-hetero) is 1. The zero-order valence-electron chi connectivity index (χ0n) is 14.5. The van der Waals surface area contributed by atoms with Gasteiger partial charge in [0.25, 0.3) is 5.69 Å². The lowest BCUT2D eigenvalue weighted by Gasteiger charge is -2.04. The molecule has 0 bridgehead atoms. The number of nitro benzene ring substituents is 1. The van der Waals surface area contributed by atoms with Crippen LogP contribution in [-0.2, 0) is 0 Å². The van der Waals surface area contributed by atoms with E-state index in [0.29, 0.717) is 16.7 Å². The van der Waals surface area contributed by atoms with Crippen molar-refractivity contribution in [3.8, 4) is 0 Å². The van der Waals surface area contributed by atoms with Gasteiger partial charge in [-0.25, -0.2) is 0 Å². The summed E-state index contributed by atoms with van der Waals surface area (Å²) in [5.74, 6) is -0.272. The smallest absolute Gasteiger partial charge is 0.287 e. The summed E-state index contributed by atoms with van der Waals surface area (Å²) >= 11 is 5.81. The summed E-state index contributed by atoms with van der Waals surface area (Å²) in [6.07, 6.45) is 1.34. The minimum Gasteiger partial charge on any atom is -0.287 e. The van der Waals surface area contributed by atoms with Gasteiger partial charge in [0, 0.05) is 22.8 Å². The van der Waals surface area contributed by atoms with E-state index in [9.17, 15) is 14.9 Å². The van der Waals surface area contributed by atoms with E-state index in [2.05, 4.69) is 10.2 Å². The number of carbonyl (C=O) groups is 1. The van der Waals surface area contributed by atoms with Gasteiger partial charge in [0.15, 0.2) is 0 Å². The first kappa shape index (κ1) is 19.1. The van der Waals surface area contributed by atoms with Crippen molar-refractivity contribution in [2.75, 3.05) is 0 Å². The molecule has 0 aliphatic carbocycles. The SMILES string of the molecule is O=C(/C(=N\N=C/c1ccc(Cl)c([N+](=O)[O-])c1)c1ccccc1)c1ccccc1. The maximum atomic E-state index is 12.9. The van der Waals surface area contributed by atoms with Crippen LogP contribution in [0.2, 0.25) is 5.02 Å². The van der Waals surface area contributed by atoms with Crippen LogP contribution in [0.4, 0.5) is 5.69 Å². The highest BCUT2D eigenvalue weighted by molar-refractivity contribution is 6.51. The van der Waals surface area contributed by atoms with Crippen LogP contribution in [0.5, 0.6) is 0 Å². The molecule has 0 saturated heterocycles. The van der Waals surface area contributed by atoms with E-state index in [1.165, 1.54) is 18.3 Å². The maximum absolute atomic E-state index is 12.9. The Bertz CT molecular complexity index is 1060. The fourth-order valence-electron chi connectivity index (χ4n) is 2.46. The third kappa shape index (κ3) is 4.55. The Hall–Kier alpha value is -3.64. The standard InChI is InChI=1S/C21H14ClN3O3/c22-18-12-11-15(13-19(18)25(27)28)14-23-24-20(16-7-3-1-4-8-16)21(26)17-9-5-2-6-10-17/h1-14H/b23-14-,24-20-. The highest BCUT2D eigenvalue weighted by Gasteiger charge is 2.16. The number of carbonyl (C=O) groups excluding carboxylic acids is 1. The Kier molecular flexibility index (Phi) is 6.04. The molecule has 0 spiro atoms. The number of benzene rings is 3. The Labute approximate surface area is 166 Å². The van der Waals surface area contributed by atoms with Crippen LogP contribution in [0.3, 0.4) is 0 Å². The Balaban J connectivity index is 1.96. The van der Waals surface area contributed by atoms with Gasteiger partial charge in [0.05, 0.1) is 11.1 Å². The molecule has 0 aliphatic rings. The molecule has 0 fully saturated rings. The monoisotopic (exact) mass is 391 g/mol. The molecule has 0 aromatic heterocycles. The summed E-state index contributed by atoms with van der Waals surface area (Å²) in [5, 5.41) is 19.1. The number of nitro groups is 1. The second-order valence-electron chi connectivity index (χ2n) is 5.72. The zero-order valence-corrected chi connectivity index (χ0v) is 15.3. The third-order valence-electron chi connectivity index (χ3n) is 3.83. The van der Waals surface area contributed by atoms with Crippen molar-refractivity contribution in [2.24, 2.45) is 10.2 Å². The van der Waals surface area contributed by atoms with Crippen molar-refractivity contribution >= 4 is 35.0 Å². The number of rotatable bonds is 6. The molecule has 138 valence electrons. The topological polar surface area (TPSA) is 84.9 Å². The van der Waals surface area contributed by atoms with Crippen molar-refractivity contribution in [3.63, 3.8) is 0 Å². The lowest BCUT2D eigenvalue weighted by atomic mass is 10.0. The summed E-state index contributed by atoms with van der Waals surface area (Å²) < 4.78 is 0. The maximum Gasteiger partial charge on any atom is 0.288 e. The quantitative estimate of drug-likeness (QED) is 0.258. The first-order chi connectivity index (χ1) is 13.6. The molecule has 0 aliphatic heterocycles. The predicted octanol–water partition coefficient (Wildman–Crippen LogP) is 4.95. The van der Waals surface area contributed by atoms with Gasteiger partial charge in [0.1, 0.15) is 10.7 Å². The van der Waals surface area contributed by atoms with Gasteiger partial charge < -0.3 is 0 Å². The molecule has 3 aromatic rings. The van der Waals surface area contributed by atoms with Crippen molar-refractivity contribution in [3.05, 3.63) is 111 Å². The zero-order chi connectivity index (χ0) is 19.9. The normalized spacial score (nSPS) is 11.5. The fraction of sp³-hybridized carbons (Fsp3) is 0. The fourth-order valence-corrected chi connectivity index (χ4v) is 2.65. The van der Waals surface area contributed by atoms with Crippen molar-refractivity contribution in [1.82, 2.24) is 0 Å². The van der Waals surface area contributed by atoms with Crippen molar-refractivity contribution < 1.29 is 9.72 Å². The molecule has 3 rings (SSSR count). The molecule has 6 nitrogen and oxygen atoms in total. The van der Waals surface area contributed by atoms with Crippen LogP contribution in [0.25, 0.3) is 0 Å². The number of hydrogen-bond donors (Lipinski definition) is 0. The predicted molar refractivity (Wildman–Crippen MR) is 109 cm³/mol. The molecule has 0 heterocycles. The lowest BCUT2D eigenvalue weighted by Crippen LogP contribution is -2.15. The molecule has 0 N–H and O–H groups in total. The van der Waals surface area contributed by atoms with E-state index in [1.54, 1.807) is 54.6 Å². The van der Waals surface area contributed by atoms with E-state index in [-0.39, 0.29) is 22.2 Å². The van der Waals surface area contributed by atoms with E-state index in [0.717, 1.165) is 0 Å². The van der Waals surface area contributed by atoms with E-state index >= 15 is 0 Å². The second kappa shape index (κ2) is 8.83. The molecule has 28 heavy (non-hydrogen) atoms. The Morgan fingerprint density at radius 1 is 0.929 bits per heavy atom. The van der Waals surface area contributed by atoms with E-state index in [4.69, 9.17) is 11.6 Å². The molecule has 0 saturated carbocycles. The molecule has 0 unspecified atom stereocenters. The summed E-state index contributed by atoms with van der Waals surface area (Å²) in [5.41, 5.74) is 1.50. The molecule has 0 amide bonds. The third-order valence-corrected chi connectivity index (χ3v) is 4.15. The van der Waals surface area contributed by atoms with Gasteiger partial charge in [-0.15, -0.1) is 5.10 Å². The number of hydrogen-bond acceptors (Lipinski definition) is 5. The highest BCUT2D eigenvalue weighted by Crippen LogP contribution is 2.24. The van der Waals surface area contributed by atoms with Crippen molar-refractivity contribution in [1.29, 1.82) is 0 Å². The van der Waals surface area contributed by atoms with Gasteiger partial charge >= 0.3 is 0 Å². The molecular formula is C21H14ClN3O3. The molecular weight excluding hydrogens is 378 g/mol. The van der Waals surface area contributed by atoms with Crippen LogP contribution in [-0.4, -0.2) is 22.6 Å². The summed E-state index contributed by atoms with van der Waals surface area (Å²) in [7, 11) is 0. The van der Waals surface area contributed by atoms with Gasteiger partial charge in [-0.05, 0) is 6.07 Å². The summed E-state index contributed by atoms with van der Waals surface area (Å²) in [4.78, 5) is 23.3. The van der Waals surface area contributed by atoms with Gasteiger partial charge in [-0.2, -0.15) is 5.10 Å². The van der Waals surface area contributed by atoms with E-state index < -0.39 is 4.92 Å². The highest BCUT2D eigenvalue weighted by atomic mass is 35.5. The van der Waals surface area contributed by atoms with E-state index in [1.807, 2.05) is 12.1 Å². The average molecular weight is 392 g/mol. The van der Waals surface area contributed by atoms with Gasteiger partial charge in [-0.1, -0.05) is 78.3 Å². The van der Waals surface area contributed by atoms with Crippen LogP contribution in [0.15, 0.2) is 89.1 Å². The molecule has 7 heteroatoms. The van der Waals surface area contributed by atoms with Crippen molar-refractivity contribution in [2.45, 2.75) is 0 Å². The van der Waals surface area contributed by atoms with Crippen LogP contribution >= 0.6 is 11.6 Å². The Morgan fingerprint density at radius 2 is 1.54 bits per heavy atom. The summed E-state index contributed by atoms with van der Waals surface area (Å²) in [6, 6.07) is 22.0. The first-order valence-electron chi connectivity index (χ1n) is 8.26. The minimum atomic E-state index is -0.572. The molecule has 3 aromatic carbocycles.